The third-order valence-electron chi connectivity index (χ3n) is 9.40. The predicted molar refractivity (Wildman–Crippen MR) is 202 cm³/mol. The lowest BCUT2D eigenvalue weighted by Gasteiger charge is -2.12. The van der Waals surface area contributed by atoms with Crippen LogP contribution in [0.5, 0.6) is 0 Å². The lowest BCUT2D eigenvalue weighted by Crippen LogP contribution is -1.96. The molecule has 0 saturated heterocycles. The van der Waals surface area contributed by atoms with Crippen molar-refractivity contribution in [1.82, 2.24) is 15.0 Å². The average molecular weight is 642 g/mol. The molecule has 0 spiro atoms. The van der Waals surface area contributed by atoms with Crippen LogP contribution in [0, 0.1) is 0 Å². The van der Waals surface area contributed by atoms with Gasteiger partial charge >= 0.3 is 0 Å². The fourth-order valence-corrected chi connectivity index (χ4v) is 7.01. The maximum atomic E-state index is 6.73. The molecule has 0 aliphatic carbocycles. The first-order chi connectivity index (χ1) is 24.8. The van der Waals surface area contributed by atoms with Gasteiger partial charge in [0.15, 0.2) is 5.82 Å². The van der Waals surface area contributed by atoms with Crippen molar-refractivity contribution in [2.45, 2.75) is 0 Å². The van der Waals surface area contributed by atoms with Crippen molar-refractivity contribution < 1.29 is 8.83 Å². The second-order valence-corrected chi connectivity index (χ2v) is 12.4. The number of rotatable bonds is 5. The molecule has 5 heteroatoms. The van der Waals surface area contributed by atoms with Crippen molar-refractivity contribution in [3.8, 4) is 56.2 Å². The molecule has 6 aromatic carbocycles. The van der Waals surface area contributed by atoms with Gasteiger partial charge in [-0.1, -0.05) is 103 Å². The molecule has 0 saturated carbocycles. The molecule has 4 aromatic heterocycles. The number of nitrogens with zero attached hydrogens (tertiary/aromatic N) is 3. The number of para-hydroxylation sites is 2. The average Bonchev–Trinajstić information content (AvgIpc) is 3.77. The van der Waals surface area contributed by atoms with Crippen LogP contribution < -0.4 is 0 Å². The first-order valence-electron chi connectivity index (χ1n) is 16.6. The lowest BCUT2D eigenvalue weighted by atomic mass is 9.94. The highest BCUT2D eigenvalue weighted by molar-refractivity contribution is 6.17. The van der Waals surface area contributed by atoms with E-state index in [1.165, 1.54) is 0 Å². The van der Waals surface area contributed by atoms with Crippen LogP contribution in [0.25, 0.3) is 100 Å². The number of furan rings is 2. The molecule has 0 amide bonds. The second kappa shape index (κ2) is 11.4. The topological polar surface area (TPSA) is 65.0 Å². The first kappa shape index (κ1) is 28.2. The van der Waals surface area contributed by atoms with Crippen LogP contribution in [0.15, 0.2) is 173 Å². The molecule has 0 unspecified atom stereocenters. The van der Waals surface area contributed by atoms with Gasteiger partial charge in [-0.3, -0.25) is 4.98 Å². The summed E-state index contributed by atoms with van der Waals surface area (Å²) in [4.78, 5) is 14.6. The minimum Gasteiger partial charge on any atom is -0.456 e. The molecular weight excluding hydrogens is 615 g/mol. The Morgan fingerprint density at radius 2 is 1.10 bits per heavy atom. The van der Waals surface area contributed by atoms with Gasteiger partial charge in [0.25, 0.3) is 0 Å². The molecule has 234 valence electrons. The SMILES string of the molecule is c1ccc(-c2nc(-c3cccc(-c4cccnc4)c3)cc(-c3ccc(-c4ccc5oc6ccccc6c5c4)c4c3oc3ccccc34)n2)cc1. The Bertz CT molecular complexity index is 2870. The Morgan fingerprint density at radius 1 is 0.400 bits per heavy atom. The van der Waals surface area contributed by atoms with E-state index in [4.69, 9.17) is 18.8 Å². The minimum absolute atomic E-state index is 0.649. The largest absolute Gasteiger partial charge is 0.456 e. The van der Waals surface area contributed by atoms with Gasteiger partial charge in [-0.05, 0) is 65.2 Å². The predicted octanol–water partition coefficient (Wildman–Crippen LogP) is 12.0. The Balaban J connectivity index is 1.20. The smallest absolute Gasteiger partial charge is 0.160 e. The Kier molecular flexibility index (Phi) is 6.42. The summed E-state index contributed by atoms with van der Waals surface area (Å²) in [7, 11) is 0. The van der Waals surface area contributed by atoms with Gasteiger partial charge in [-0.2, -0.15) is 0 Å². The van der Waals surface area contributed by atoms with Crippen molar-refractivity contribution in [2.75, 3.05) is 0 Å². The summed E-state index contributed by atoms with van der Waals surface area (Å²) < 4.78 is 12.9. The van der Waals surface area contributed by atoms with Gasteiger partial charge in [0.05, 0.1) is 11.4 Å². The van der Waals surface area contributed by atoms with Gasteiger partial charge in [-0.25, -0.2) is 9.97 Å². The van der Waals surface area contributed by atoms with Crippen LogP contribution in [0.4, 0.5) is 0 Å². The minimum atomic E-state index is 0.649. The van der Waals surface area contributed by atoms with Crippen molar-refractivity contribution in [1.29, 1.82) is 0 Å². The van der Waals surface area contributed by atoms with Crippen LogP contribution in [0.2, 0.25) is 0 Å². The monoisotopic (exact) mass is 641 g/mol. The fraction of sp³-hybridized carbons (Fsp3) is 0. The van der Waals surface area contributed by atoms with Gasteiger partial charge in [0, 0.05) is 56.2 Å². The molecule has 0 aliphatic rings. The van der Waals surface area contributed by atoms with Gasteiger partial charge in [0.2, 0.25) is 0 Å². The maximum Gasteiger partial charge on any atom is 0.160 e. The molecular formula is C45H27N3O2. The summed E-state index contributed by atoms with van der Waals surface area (Å²) in [6, 6.07) is 51.8. The van der Waals surface area contributed by atoms with Crippen molar-refractivity contribution in [3.63, 3.8) is 0 Å². The quantitative estimate of drug-likeness (QED) is 0.187. The maximum absolute atomic E-state index is 6.73. The van der Waals surface area contributed by atoms with E-state index >= 15 is 0 Å². The third kappa shape index (κ3) is 4.67. The number of benzene rings is 6. The van der Waals surface area contributed by atoms with E-state index in [1.807, 2.05) is 66.9 Å². The van der Waals surface area contributed by atoms with Gasteiger partial charge in [-0.15, -0.1) is 0 Å². The first-order valence-corrected chi connectivity index (χ1v) is 16.6. The highest BCUT2D eigenvalue weighted by atomic mass is 16.3. The molecule has 0 bridgehead atoms. The fourth-order valence-electron chi connectivity index (χ4n) is 7.01. The van der Waals surface area contributed by atoms with Crippen LogP contribution in [0.1, 0.15) is 0 Å². The molecule has 0 atom stereocenters. The molecule has 10 aromatic rings. The molecule has 10 rings (SSSR count). The van der Waals surface area contributed by atoms with Crippen LogP contribution in [-0.2, 0) is 0 Å². The summed E-state index contributed by atoms with van der Waals surface area (Å²) in [5.41, 5.74) is 12.1. The van der Waals surface area contributed by atoms with Crippen LogP contribution >= 0.6 is 0 Å². The number of fused-ring (bicyclic) bond motifs is 6. The Labute approximate surface area is 287 Å². The lowest BCUT2D eigenvalue weighted by molar-refractivity contribution is 0.669. The summed E-state index contributed by atoms with van der Waals surface area (Å²) in [5.74, 6) is 0.649. The van der Waals surface area contributed by atoms with E-state index in [1.54, 1.807) is 6.20 Å². The van der Waals surface area contributed by atoms with Gasteiger partial charge < -0.3 is 8.83 Å². The zero-order valence-electron chi connectivity index (χ0n) is 26.7. The molecule has 50 heavy (non-hydrogen) atoms. The number of hydrogen-bond donors (Lipinski definition) is 0. The number of pyridine rings is 1. The van der Waals surface area contributed by atoms with E-state index in [0.717, 1.165) is 94.2 Å². The number of hydrogen-bond acceptors (Lipinski definition) is 5. The highest BCUT2D eigenvalue weighted by Crippen LogP contribution is 2.43. The standard InChI is InChI=1S/C45H27N3O2/c1-2-10-28(11-3-1)45-47-38(31-13-8-12-29(24-31)32-14-9-23-46-27-32)26-39(48-45)35-21-20-33(43-36-16-5-7-18-41(36)50-44(35)43)30-19-22-42-37(25-30)34-15-4-6-17-40(34)49-42/h1-27H. The molecule has 0 aliphatic heterocycles. The van der Waals surface area contributed by atoms with Crippen LogP contribution in [0.3, 0.4) is 0 Å². The molecule has 5 nitrogen and oxygen atoms in total. The molecule has 4 heterocycles. The van der Waals surface area contributed by atoms with E-state index in [0.29, 0.717) is 5.82 Å². The Hall–Kier alpha value is -6.85. The second-order valence-electron chi connectivity index (χ2n) is 12.4. The van der Waals surface area contributed by atoms with E-state index in [-0.39, 0.29) is 0 Å². The highest BCUT2D eigenvalue weighted by Gasteiger charge is 2.20. The zero-order valence-corrected chi connectivity index (χ0v) is 26.7. The summed E-state index contributed by atoms with van der Waals surface area (Å²) >= 11 is 0. The Morgan fingerprint density at radius 3 is 1.96 bits per heavy atom. The molecule has 0 fully saturated rings. The van der Waals surface area contributed by atoms with Crippen molar-refractivity contribution >= 4 is 43.9 Å². The van der Waals surface area contributed by atoms with E-state index in [9.17, 15) is 0 Å². The summed E-state index contributed by atoms with van der Waals surface area (Å²) in [6.07, 6.45) is 3.67. The van der Waals surface area contributed by atoms with E-state index in [2.05, 4.69) is 96.0 Å². The van der Waals surface area contributed by atoms with Crippen molar-refractivity contribution in [2.24, 2.45) is 0 Å². The third-order valence-corrected chi connectivity index (χ3v) is 9.40. The van der Waals surface area contributed by atoms with Gasteiger partial charge in [0.1, 0.15) is 22.3 Å². The van der Waals surface area contributed by atoms with Crippen molar-refractivity contribution in [3.05, 3.63) is 164 Å². The number of aromatic nitrogens is 3. The normalized spacial score (nSPS) is 11.6. The molecule has 0 radical (unpaired) electrons. The molecule has 0 N–H and O–H groups in total. The summed E-state index contributed by atoms with van der Waals surface area (Å²) in [6.45, 7) is 0. The zero-order chi connectivity index (χ0) is 33.0. The van der Waals surface area contributed by atoms with E-state index < -0.39 is 0 Å². The van der Waals surface area contributed by atoms with Crippen LogP contribution in [-0.4, -0.2) is 15.0 Å². The summed E-state index contributed by atoms with van der Waals surface area (Å²) in [5, 5.41) is 4.29.